The van der Waals surface area contributed by atoms with Crippen molar-refractivity contribution in [3.8, 4) is 0 Å². The van der Waals surface area contributed by atoms with E-state index in [1.807, 2.05) is 11.9 Å². The molecule has 0 bridgehead atoms. The largest absolute Gasteiger partial charge is 0.342 e. The van der Waals surface area contributed by atoms with Gasteiger partial charge in [0.1, 0.15) is 0 Å². The standard InChI is InChI=1S/C14H26N2O/c1-5-10-15-11-13(17)16(4)12-6-8-14(2,3)9-7-12/h5,12,15H,1,6-11H2,2-4H3. The summed E-state index contributed by atoms with van der Waals surface area (Å²) in [6.07, 6.45) is 6.48. The molecule has 1 fully saturated rings. The van der Waals surface area contributed by atoms with E-state index in [9.17, 15) is 4.79 Å². The summed E-state index contributed by atoms with van der Waals surface area (Å²) in [4.78, 5) is 13.8. The van der Waals surface area contributed by atoms with Crippen LogP contribution in [0.3, 0.4) is 0 Å². The Morgan fingerprint density at radius 2 is 2.06 bits per heavy atom. The predicted octanol–water partition coefficient (Wildman–Crippen LogP) is 2.19. The minimum atomic E-state index is 0.191. The van der Waals surface area contributed by atoms with Crippen molar-refractivity contribution in [1.82, 2.24) is 10.2 Å². The van der Waals surface area contributed by atoms with E-state index >= 15 is 0 Å². The van der Waals surface area contributed by atoms with Gasteiger partial charge in [0.15, 0.2) is 0 Å². The molecule has 0 unspecified atom stereocenters. The fourth-order valence-corrected chi connectivity index (χ4v) is 2.38. The van der Waals surface area contributed by atoms with Crippen LogP contribution in [0.15, 0.2) is 12.7 Å². The van der Waals surface area contributed by atoms with Gasteiger partial charge in [-0.25, -0.2) is 0 Å². The summed E-state index contributed by atoms with van der Waals surface area (Å²) in [7, 11) is 1.93. The molecule has 0 atom stereocenters. The minimum Gasteiger partial charge on any atom is -0.342 e. The molecule has 1 N–H and O–H groups in total. The first-order chi connectivity index (χ1) is 7.96. The third-order valence-electron chi connectivity index (χ3n) is 3.81. The molecule has 1 saturated carbocycles. The maximum absolute atomic E-state index is 11.9. The van der Waals surface area contributed by atoms with Gasteiger partial charge in [-0.2, -0.15) is 0 Å². The van der Waals surface area contributed by atoms with Gasteiger partial charge in [-0.15, -0.1) is 6.58 Å². The van der Waals surface area contributed by atoms with E-state index in [0.717, 1.165) is 12.8 Å². The zero-order valence-corrected chi connectivity index (χ0v) is 11.5. The first kappa shape index (κ1) is 14.2. The summed E-state index contributed by atoms with van der Waals surface area (Å²) >= 11 is 0. The molecule has 0 spiro atoms. The molecule has 0 saturated heterocycles. The van der Waals surface area contributed by atoms with Crippen LogP contribution in [0.25, 0.3) is 0 Å². The second kappa shape index (κ2) is 6.20. The van der Waals surface area contributed by atoms with Crippen LogP contribution in [-0.4, -0.2) is 37.0 Å². The van der Waals surface area contributed by atoms with Gasteiger partial charge in [-0.05, 0) is 31.1 Å². The van der Waals surface area contributed by atoms with Crippen molar-refractivity contribution < 1.29 is 4.79 Å². The second-order valence-corrected chi connectivity index (χ2v) is 5.82. The van der Waals surface area contributed by atoms with Crippen LogP contribution in [-0.2, 0) is 4.79 Å². The van der Waals surface area contributed by atoms with Crippen molar-refractivity contribution in [2.24, 2.45) is 5.41 Å². The number of hydrogen-bond donors (Lipinski definition) is 1. The number of carbonyl (C=O) groups excluding carboxylic acids is 1. The number of nitrogens with one attached hydrogen (secondary N) is 1. The van der Waals surface area contributed by atoms with Crippen molar-refractivity contribution >= 4 is 5.91 Å². The lowest BCUT2D eigenvalue weighted by molar-refractivity contribution is -0.132. The topological polar surface area (TPSA) is 32.3 Å². The van der Waals surface area contributed by atoms with Crippen molar-refractivity contribution in [2.45, 2.75) is 45.6 Å². The zero-order chi connectivity index (χ0) is 12.9. The molecule has 1 aliphatic carbocycles. The summed E-state index contributed by atoms with van der Waals surface area (Å²) in [5, 5.41) is 3.06. The van der Waals surface area contributed by atoms with Gasteiger partial charge < -0.3 is 10.2 Å². The number of carbonyl (C=O) groups is 1. The fourth-order valence-electron chi connectivity index (χ4n) is 2.38. The van der Waals surface area contributed by atoms with E-state index in [1.165, 1.54) is 12.8 Å². The Balaban J connectivity index is 2.35. The van der Waals surface area contributed by atoms with Crippen LogP contribution in [0.5, 0.6) is 0 Å². The van der Waals surface area contributed by atoms with Crippen LogP contribution >= 0.6 is 0 Å². The second-order valence-electron chi connectivity index (χ2n) is 5.82. The molecule has 0 heterocycles. The Bertz CT molecular complexity index is 263. The van der Waals surface area contributed by atoms with Crippen LogP contribution < -0.4 is 5.32 Å². The summed E-state index contributed by atoms with van der Waals surface area (Å²) in [6, 6.07) is 0.432. The van der Waals surface area contributed by atoms with Gasteiger partial charge in [0.05, 0.1) is 6.54 Å². The highest BCUT2D eigenvalue weighted by atomic mass is 16.2. The Labute approximate surface area is 105 Å². The first-order valence-corrected chi connectivity index (χ1v) is 6.53. The number of rotatable bonds is 5. The Kier molecular flexibility index (Phi) is 5.19. The molecule has 0 radical (unpaired) electrons. The molecule has 1 amide bonds. The van der Waals surface area contributed by atoms with E-state index in [-0.39, 0.29) is 5.91 Å². The van der Waals surface area contributed by atoms with Crippen molar-refractivity contribution in [3.05, 3.63) is 12.7 Å². The van der Waals surface area contributed by atoms with Gasteiger partial charge in [0.25, 0.3) is 0 Å². The maximum Gasteiger partial charge on any atom is 0.236 e. The average molecular weight is 238 g/mol. The van der Waals surface area contributed by atoms with E-state index in [2.05, 4.69) is 25.7 Å². The van der Waals surface area contributed by atoms with E-state index < -0.39 is 0 Å². The summed E-state index contributed by atoms with van der Waals surface area (Å²) in [5.74, 6) is 0.191. The van der Waals surface area contributed by atoms with E-state index in [0.29, 0.717) is 24.5 Å². The summed E-state index contributed by atoms with van der Waals surface area (Å²) in [5.41, 5.74) is 0.460. The molecular formula is C14H26N2O. The smallest absolute Gasteiger partial charge is 0.236 e. The highest BCUT2D eigenvalue weighted by Crippen LogP contribution is 2.36. The van der Waals surface area contributed by atoms with E-state index in [4.69, 9.17) is 0 Å². The Morgan fingerprint density at radius 1 is 1.47 bits per heavy atom. The molecule has 0 aliphatic heterocycles. The molecule has 0 aromatic rings. The summed E-state index contributed by atoms with van der Waals surface area (Å²) < 4.78 is 0. The van der Waals surface area contributed by atoms with Crippen molar-refractivity contribution in [1.29, 1.82) is 0 Å². The lowest BCUT2D eigenvalue weighted by Crippen LogP contribution is -2.44. The van der Waals surface area contributed by atoms with Crippen molar-refractivity contribution in [3.63, 3.8) is 0 Å². The Hall–Kier alpha value is -0.830. The SMILES string of the molecule is C=CCNCC(=O)N(C)C1CCC(C)(C)CC1. The monoisotopic (exact) mass is 238 g/mol. The van der Waals surface area contributed by atoms with Crippen LogP contribution in [0.2, 0.25) is 0 Å². The highest BCUT2D eigenvalue weighted by molar-refractivity contribution is 5.78. The molecular weight excluding hydrogens is 212 g/mol. The number of amides is 1. The molecule has 0 aromatic heterocycles. The van der Waals surface area contributed by atoms with Gasteiger partial charge >= 0.3 is 0 Å². The van der Waals surface area contributed by atoms with Crippen LogP contribution in [0, 0.1) is 5.41 Å². The Morgan fingerprint density at radius 3 is 2.59 bits per heavy atom. The average Bonchev–Trinajstić information content (AvgIpc) is 2.28. The van der Waals surface area contributed by atoms with Gasteiger partial charge in [0.2, 0.25) is 5.91 Å². The normalized spacial score (nSPS) is 19.9. The molecule has 1 rings (SSSR count). The third-order valence-corrected chi connectivity index (χ3v) is 3.81. The molecule has 0 aromatic carbocycles. The lowest BCUT2D eigenvalue weighted by Gasteiger charge is -2.38. The molecule has 3 heteroatoms. The predicted molar refractivity (Wildman–Crippen MR) is 71.9 cm³/mol. The van der Waals surface area contributed by atoms with Gasteiger partial charge in [0, 0.05) is 19.6 Å². The van der Waals surface area contributed by atoms with Gasteiger partial charge in [-0.3, -0.25) is 4.79 Å². The molecule has 3 nitrogen and oxygen atoms in total. The van der Waals surface area contributed by atoms with Crippen molar-refractivity contribution in [2.75, 3.05) is 20.1 Å². The number of likely N-dealkylation sites (N-methyl/N-ethyl adjacent to an activating group) is 1. The number of hydrogen-bond acceptors (Lipinski definition) is 2. The lowest BCUT2D eigenvalue weighted by atomic mass is 9.75. The molecule has 98 valence electrons. The van der Waals surface area contributed by atoms with E-state index in [1.54, 1.807) is 6.08 Å². The quantitative estimate of drug-likeness (QED) is 0.588. The van der Waals surface area contributed by atoms with Gasteiger partial charge in [-0.1, -0.05) is 19.9 Å². The highest BCUT2D eigenvalue weighted by Gasteiger charge is 2.30. The maximum atomic E-state index is 11.9. The fraction of sp³-hybridized carbons (Fsp3) is 0.786. The van der Waals surface area contributed by atoms with Crippen LogP contribution in [0.1, 0.15) is 39.5 Å². The summed E-state index contributed by atoms with van der Waals surface area (Å²) in [6.45, 7) is 9.36. The van der Waals surface area contributed by atoms with Crippen LogP contribution in [0.4, 0.5) is 0 Å². The third kappa shape index (κ3) is 4.50. The number of nitrogens with zero attached hydrogens (tertiary/aromatic N) is 1. The molecule has 1 aliphatic rings. The molecule has 17 heavy (non-hydrogen) atoms. The first-order valence-electron chi connectivity index (χ1n) is 6.53. The minimum absolute atomic E-state index is 0.191. The zero-order valence-electron chi connectivity index (χ0n) is 11.5.